The summed E-state index contributed by atoms with van der Waals surface area (Å²) in [6, 6.07) is 9.19. The van der Waals surface area contributed by atoms with Crippen molar-refractivity contribution < 1.29 is 14.3 Å². The van der Waals surface area contributed by atoms with Gasteiger partial charge in [0.1, 0.15) is 0 Å². The molecule has 2 aromatic rings. The number of hydrogen-bond acceptors (Lipinski definition) is 7. The van der Waals surface area contributed by atoms with Gasteiger partial charge in [-0.15, -0.1) is 0 Å². The largest absolute Gasteiger partial charge is 0.462 e. The van der Waals surface area contributed by atoms with Gasteiger partial charge >= 0.3 is 5.97 Å². The second-order valence-corrected chi connectivity index (χ2v) is 6.07. The van der Waals surface area contributed by atoms with Crippen molar-refractivity contribution in [3.05, 3.63) is 48.3 Å². The fourth-order valence-corrected chi connectivity index (χ4v) is 3.23. The third kappa shape index (κ3) is 3.77. The molecule has 0 saturated carbocycles. The van der Waals surface area contributed by atoms with E-state index < -0.39 is 5.85 Å². The van der Waals surface area contributed by atoms with Crippen molar-refractivity contribution in [2.24, 2.45) is 0 Å². The van der Waals surface area contributed by atoms with E-state index in [-0.39, 0.29) is 5.97 Å². The molecular weight excluding hydrogens is 332 g/mol. The van der Waals surface area contributed by atoms with Crippen molar-refractivity contribution in [3.8, 4) is 0 Å². The average Bonchev–Trinajstić information content (AvgIpc) is 2.69. The highest BCUT2D eigenvalue weighted by Crippen LogP contribution is 2.34. The molecule has 1 aliphatic rings. The van der Waals surface area contributed by atoms with Crippen LogP contribution in [0.1, 0.15) is 36.5 Å². The van der Waals surface area contributed by atoms with Gasteiger partial charge in [0.05, 0.1) is 12.2 Å². The third-order valence-corrected chi connectivity index (χ3v) is 4.46. The van der Waals surface area contributed by atoms with Gasteiger partial charge in [0.25, 0.3) is 0 Å². The Bertz CT molecular complexity index is 741. The highest BCUT2D eigenvalue weighted by atomic mass is 16.5. The number of hydrogen-bond donors (Lipinski definition) is 1. The molecule has 0 amide bonds. The molecule has 2 heterocycles. The highest BCUT2D eigenvalue weighted by molar-refractivity contribution is 5.90. The third-order valence-electron chi connectivity index (χ3n) is 4.46. The number of aromatic nitrogens is 2. The second kappa shape index (κ2) is 8.14. The lowest BCUT2D eigenvalue weighted by Gasteiger charge is -2.47. The zero-order chi connectivity index (χ0) is 18.4. The lowest BCUT2D eigenvalue weighted by molar-refractivity contribution is -0.00816. The van der Waals surface area contributed by atoms with Crippen LogP contribution in [0.4, 0.5) is 11.6 Å². The van der Waals surface area contributed by atoms with Crippen LogP contribution in [0.3, 0.4) is 0 Å². The summed E-state index contributed by atoms with van der Waals surface area (Å²) in [6.45, 7) is 2.94. The predicted octanol–water partition coefficient (Wildman–Crippen LogP) is 3.06. The van der Waals surface area contributed by atoms with E-state index in [0.29, 0.717) is 18.1 Å². The minimum Gasteiger partial charge on any atom is -0.462 e. The number of carbonyl (C=O) groups excluding carboxylic acids is 1. The van der Waals surface area contributed by atoms with E-state index in [1.807, 2.05) is 18.2 Å². The Hall–Kier alpha value is -2.67. The lowest BCUT2D eigenvalue weighted by Crippen LogP contribution is -2.59. The van der Waals surface area contributed by atoms with Crippen molar-refractivity contribution in [3.63, 3.8) is 0 Å². The monoisotopic (exact) mass is 356 g/mol. The topological polar surface area (TPSA) is 76.6 Å². The zero-order valence-corrected chi connectivity index (χ0v) is 15.1. The Labute approximate surface area is 153 Å². The van der Waals surface area contributed by atoms with Crippen LogP contribution in [0.2, 0.25) is 0 Å². The summed E-state index contributed by atoms with van der Waals surface area (Å²) in [4.78, 5) is 22.7. The molecule has 1 saturated heterocycles. The fraction of sp³-hybridized carbons (Fsp3) is 0.421. The number of ether oxygens (including phenoxy) is 2. The van der Waals surface area contributed by atoms with Crippen LogP contribution in [0.25, 0.3) is 0 Å². The van der Waals surface area contributed by atoms with Gasteiger partial charge in [-0.05, 0) is 44.0 Å². The smallest absolute Gasteiger partial charge is 0.338 e. The first-order chi connectivity index (χ1) is 12.7. The molecule has 0 spiro atoms. The van der Waals surface area contributed by atoms with E-state index in [9.17, 15) is 4.79 Å². The van der Waals surface area contributed by atoms with Gasteiger partial charge in [-0.2, -0.15) is 0 Å². The molecule has 7 heteroatoms. The molecule has 0 radical (unpaired) electrons. The molecule has 0 aliphatic carbocycles. The van der Waals surface area contributed by atoms with Gasteiger partial charge in [0.15, 0.2) is 0 Å². The van der Waals surface area contributed by atoms with Crippen molar-refractivity contribution >= 4 is 17.6 Å². The highest BCUT2D eigenvalue weighted by Gasteiger charge is 2.40. The molecule has 1 aromatic heterocycles. The Morgan fingerprint density at radius 3 is 2.81 bits per heavy atom. The maximum absolute atomic E-state index is 12.1. The normalized spacial score (nSPS) is 19.8. The Kier molecular flexibility index (Phi) is 5.68. The number of nitrogens with one attached hydrogen (secondary N) is 1. The second-order valence-electron chi connectivity index (χ2n) is 6.07. The summed E-state index contributed by atoms with van der Waals surface area (Å²) >= 11 is 0. The number of anilines is 2. The van der Waals surface area contributed by atoms with Gasteiger partial charge in [-0.1, -0.05) is 6.07 Å². The maximum atomic E-state index is 12.1. The van der Waals surface area contributed by atoms with E-state index in [4.69, 9.17) is 9.47 Å². The van der Waals surface area contributed by atoms with Gasteiger partial charge in [0.2, 0.25) is 11.8 Å². The molecule has 1 N–H and O–H groups in total. The Morgan fingerprint density at radius 1 is 1.27 bits per heavy atom. The summed E-state index contributed by atoms with van der Waals surface area (Å²) in [5.41, 5.74) is 1.41. The minimum atomic E-state index is -0.771. The number of rotatable bonds is 6. The van der Waals surface area contributed by atoms with Gasteiger partial charge < -0.3 is 19.7 Å². The number of nitrogens with zero attached hydrogens (tertiary/aromatic N) is 3. The molecular formula is C19H24N4O3. The number of esters is 1. The fourth-order valence-electron chi connectivity index (χ4n) is 3.23. The van der Waals surface area contributed by atoms with E-state index in [1.54, 1.807) is 38.6 Å². The van der Waals surface area contributed by atoms with Crippen molar-refractivity contribution in [1.82, 2.24) is 9.97 Å². The predicted molar refractivity (Wildman–Crippen MR) is 99.0 cm³/mol. The number of methoxy groups -OCH3 is 1. The number of piperidine rings is 1. The van der Waals surface area contributed by atoms with Crippen molar-refractivity contribution in [2.75, 3.05) is 30.5 Å². The van der Waals surface area contributed by atoms with Gasteiger partial charge in [0, 0.05) is 38.2 Å². The molecule has 1 aliphatic heterocycles. The van der Waals surface area contributed by atoms with Crippen LogP contribution in [0, 0.1) is 0 Å². The van der Waals surface area contributed by atoms with Gasteiger partial charge in [-0.25, -0.2) is 14.8 Å². The Balaban J connectivity index is 1.93. The molecule has 7 nitrogen and oxygen atoms in total. The van der Waals surface area contributed by atoms with E-state index in [1.165, 1.54) is 0 Å². The lowest BCUT2D eigenvalue weighted by atomic mass is 10.0. The van der Waals surface area contributed by atoms with Crippen LogP contribution in [0.5, 0.6) is 0 Å². The molecule has 3 rings (SSSR count). The molecule has 26 heavy (non-hydrogen) atoms. The number of benzene rings is 1. The van der Waals surface area contributed by atoms with Crippen molar-refractivity contribution in [1.29, 1.82) is 0 Å². The average molecular weight is 356 g/mol. The molecule has 1 unspecified atom stereocenters. The van der Waals surface area contributed by atoms with Gasteiger partial charge in [-0.3, -0.25) is 0 Å². The molecule has 0 bridgehead atoms. The molecule has 1 fully saturated rings. The number of carbonyl (C=O) groups is 1. The molecule has 1 aromatic carbocycles. The quantitative estimate of drug-likeness (QED) is 0.629. The molecule has 1 atom stereocenters. The first kappa shape index (κ1) is 18.1. The van der Waals surface area contributed by atoms with Crippen LogP contribution < -0.4 is 10.2 Å². The standard InChI is InChI=1S/C19H24N4O3/c1-3-26-17(24)15-8-6-9-16(14-15)23-13-5-4-10-19(23,25-2)22-18-20-11-7-12-21-18/h6-9,11-12,14H,3-5,10,13H2,1-2H3,(H,20,21,22). The summed E-state index contributed by atoms with van der Waals surface area (Å²) in [7, 11) is 1.67. The Morgan fingerprint density at radius 2 is 2.08 bits per heavy atom. The summed E-state index contributed by atoms with van der Waals surface area (Å²) in [5, 5.41) is 3.33. The first-order valence-corrected chi connectivity index (χ1v) is 8.84. The van der Waals surface area contributed by atoms with Crippen LogP contribution in [-0.2, 0) is 9.47 Å². The molecule has 138 valence electrons. The van der Waals surface area contributed by atoms with Crippen LogP contribution in [0.15, 0.2) is 42.7 Å². The van der Waals surface area contributed by atoms with Crippen LogP contribution in [-0.4, -0.2) is 42.0 Å². The van der Waals surface area contributed by atoms with E-state index >= 15 is 0 Å². The SMILES string of the molecule is CCOC(=O)c1cccc(N2CCCCC2(Nc2ncccn2)OC)c1. The summed E-state index contributed by atoms with van der Waals surface area (Å²) in [6.07, 6.45) is 6.19. The summed E-state index contributed by atoms with van der Waals surface area (Å²) < 4.78 is 11.0. The minimum absolute atomic E-state index is 0.325. The maximum Gasteiger partial charge on any atom is 0.338 e. The van der Waals surface area contributed by atoms with E-state index in [0.717, 1.165) is 31.5 Å². The zero-order valence-electron chi connectivity index (χ0n) is 15.1. The van der Waals surface area contributed by atoms with Crippen LogP contribution >= 0.6 is 0 Å². The van der Waals surface area contributed by atoms with Crippen molar-refractivity contribution in [2.45, 2.75) is 32.0 Å². The van der Waals surface area contributed by atoms with E-state index in [2.05, 4.69) is 20.2 Å². The summed E-state index contributed by atoms with van der Waals surface area (Å²) in [5.74, 6) is -0.594. The first-order valence-electron chi connectivity index (χ1n) is 8.84.